The first-order valence-electron chi connectivity index (χ1n) is 5.85. The first kappa shape index (κ1) is 12.9. The maximum Gasteiger partial charge on any atom is 0.354 e. The summed E-state index contributed by atoms with van der Waals surface area (Å²) in [5.41, 5.74) is 1.46. The van der Waals surface area contributed by atoms with Crippen molar-refractivity contribution in [2.45, 2.75) is 19.9 Å². The number of carboxylic acids is 1. The summed E-state index contributed by atoms with van der Waals surface area (Å²) in [5.74, 6) is -1.07. The molecule has 0 saturated heterocycles. The van der Waals surface area contributed by atoms with Gasteiger partial charge in [-0.1, -0.05) is 0 Å². The van der Waals surface area contributed by atoms with Crippen molar-refractivity contribution >= 4 is 18.1 Å². The zero-order valence-corrected chi connectivity index (χ0v) is 10.7. The SMILES string of the molecule is CC(C)n1nccc1/C=C/c1cc(C(=O)O)ncn1. The standard InChI is InChI=1S/C13H14N4O2/c1-9(2)17-11(5-6-16-17)4-3-10-7-12(13(18)19)15-8-14-10/h3-9H,1-2H3,(H,18,19)/b4-3+. The van der Waals surface area contributed by atoms with E-state index in [0.717, 1.165) is 5.69 Å². The minimum Gasteiger partial charge on any atom is -0.477 e. The van der Waals surface area contributed by atoms with Gasteiger partial charge in [-0.25, -0.2) is 14.8 Å². The van der Waals surface area contributed by atoms with Crippen molar-refractivity contribution in [3.05, 3.63) is 41.7 Å². The second kappa shape index (κ2) is 5.43. The average Bonchev–Trinajstić information content (AvgIpc) is 2.85. The van der Waals surface area contributed by atoms with Crippen molar-refractivity contribution in [2.24, 2.45) is 0 Å². The molecule has 0 amide bonds. The van der Waals surface area contributed by atoms with E-state index < -0.39 is 5.97 Å². The molecule has 0 unspecified atom stereocenters. The number of hydrogen-bond acceptors (Lipinski definition) is 4. The molecular weight excluding hydrogens is 244 g/mol. The molecule has 0 spiro atoms. The van der Waals surface area contributed by atoms with E-state index in [0.29, 0.717) is 5.69 Å². The zero-order valence-electron chi connectivity index (χ0n) is 10.7. The maximum absolute atomic E-state index is 10.8. The summed E-state index contributed by atoms with van der Waals surface area (Å²) in [6, 6.07) is 3.57. The minimum absolute atomic E-state index is 0.0213. The Labute approximate surface area is 110 Å². The van der Waals surface area contributed by atoms with Crippen LogP contribution >= 0.6 is 0 Å². The molecular formula is C13H14N4O2. The van der Waals surface area contributed by atoms with Gasteiger partial charge in [0.15, 0.2) is 5.69 Å². The third-order valence-electron chi connectivity index (χ3n) is 2.52. The summed E-state index contributed by atoms with van der Waals surface area (Å²) in [4.78, 5) is 18.5. The van der Waals surface area contributed by atoms with Crippen LogP contribution in [-0.2, 0) is 0 Å². The summed E-state index contributed by atoms with van der Waals surface area (Å²) in [7, 11) is 0. The van der Waals surface area contributed by atoms with Gasteiger partial charge in [0.05, 0.1) is 11.4 Å². The molecule has 19 heavy (non-hydrogen) atoms. The third kappa shape index (κ3) is 3.04. The van der Waals surface area contributed by atoms with Crippen LogP contribution in [-0.4, -0.2) is 30.8 Å². The Morgan fingerprint density at radius 3 is 2.84 bits per heavy atom. The first-order valence-corrected chi connectivity index (χ1v) is 5.85. The molecule has 0 bridgehead atoms. The van der Waals surface area contributed by atoms with Crippen LogP contribution in [0.3, 0.4) is 0 Å². The number of aromatic carboxylic acids is 1. The van der Waals surface area contributed by atoms with Gasteiger partial charge in [0.1, 0.15) is 6.33 Å². The van der Waals surface area contributed by atoms with Gasteiger partial charge in [0.2, 0.25) is 0 Å². The van der Waals surface area contributed by atoms with E-state index >= 15 is 0 Å². The number of nitrogens with zero attached hydrogens (tertiary/aromatic N) is 4. The second-order valence-electron chi connectivity index (χ2n) is 4.26. The lowest BCUT2D eigenvalue weighted by molar-refractivity contribution is 0.0690. The molecule has 1 N–H and O–H groups in total. The van der Waals surface area contributed by atoms with Crippen LogP contribution in [0.2, 0.25) is 0 Å². The van der Waals surface area contributed by atoms with Crippen molar-refractivity contribution in [1.29, 1.82) is 0 Å². The Bertz CT molecular complexity index is 617. The summed E-state index contributed by atoms with van der Waals surface area (Å²) in [5, 5.41) is 13.1. The lowest BCUT2D eigenvalue weighted by atomic mass is 10.2. The van der Waals surface area contributed by atoms with Crippen LogP contribution in [0.4, 0.5) is 0 Å². The molecule has 0 radical (unpaired) electrons. The number of carbonyl (C=O) groups is 1. The van der Waals surface area contributed by atoms with E-state index in [4.69, 9.17) is 5.11 Å². The molecule has 6 nitrogen and oxygen atoms in total. The van der Waals surface area contributed by atoms with Crippen molar-refractivity contribution in [3.8, 4) is 0 Å². The first-order chi connectivity index (χ1) is 9.08. The average molecular weight is 258 g/mol. The Hall–Kier alpha value is -2.50. The number of hydrogen-bond donors (Lipinski definition) is 1. The quantitative estimate of drug-likeness (QED) is 0.908. The second-order valence-corrected chi connectivity index (χ2v) is 4.26. The van der Waals surface area contributed by atoms with Gasteiger partial charge in [-0.3, -0.25) is 4.68 Å². The highest BCUT2D eigenvalue weighted by Gasteiger charge is 2.05. The molecule has 2 rings (SSSR count). The topological polar surface area (TPSA) is 80.9 Å². The number of aromatic nitrogens is 4. The molecule has 0 aliphatic carbocycles. The van der Waals surface area contributed by atoms with Crippen molar-refractivity contribution in [2.75, 3.05) is 0 Å². The van der Waals surface area contributed by atoms with Gasteiger partial charge in [0.25, 0.3) is 0 Å². The summed E-state index contributed by atoms with van der Waals surface area (Å²) >= 11 is 0. The van der Waals surface area contributed by atoms with Crippen LogP contribution in [0.1, 0.15) is 41.8 Å². The molecule has 6 heteroatoms. The molecule has 0 atom stereocenters. The van der Waals surface area contributed by atoms with Crippen LogP contribution in [0.25, 0.3) is 12.2 Å². The maximum atomic E-state index is 10.8. The van der Waals surface area contributed by atoms with Crippen molar-refractivity contribution < 1.29 is 9.90 Å². The molecule has 0 aromatic carbocycles. The van der Waals surface area contributed by atoms with Gasteiger partial charge in [-0.2, -0.15) is 5.10 Å². The highest BCUT2D eigenvalue weighted by Crippen LogP contribution is 2.11. The Balaban J connectivity index is 2.25. The summed E-state index contributed by atoms with van der Waals surface area (Å²) in [6.45, 7) is 4.08. The van der Waals surface area contributed by atoms with E-state index in [2.05, 4.69) is 15.1 Å². The lowest BCUT2D eigenvalue weighted by Gasteiger charge is -2.07. The van der Waals surface area contributed by atoms with Crippen LogP contribution in [0, 0.1) is 0 Å². The lowest BCUT2D eigenvalue weighted by Crippen LogP contribution is -2.04. The van der Waals surface area contributed by atoms with Gasteiger partial charge < -0.3 is 5.11 Å². The molecule has 0 aliphatic heterocycles. The molecule has 2 heterocycles. The van der Waals surface area contributed by atoms with Gasteiger partial charge in [0, 0.05) is 12.2 Å². The molecule has 2 aromatic rings. The molecule has 98 valence electrons. The highest BCUT2D eigenvalue weighted by atomic mass is 16.4. The Morgan fingerprint density at radius 1 is 1.37 bits per heavy atom. The van der Waals surface area contributed by atoms with E-state index in [1.807, 2.05) is 30.7 Å². The fourth-order valence-corrected chi connectivity index (χ4v) is 1.64. The van der Waals surface area contributed by atoms with E-state index in [1.165, 1.54) is 12.4 Å². The third-order valence-corrected chi connectivity index (χ3v) is 2.52. The molecule has 2 aromatic heterocycles. The fourth-order valence-electron chi connectivity index (χ4n) is 1.64. The number of carboxylic acid groups (broad SMARTS) is 1. The fraction of sp³-hybridized carbons (Fsp3) is 0.231. The predicted molar refractivity (Wildman–Crippen MR) is 70.5 cm³/mol. The van der Waals surface area contributed by atoms with E-state index in [9.17, 15) is 4.79 Å². The highest BCUT2D eigenvalue weighted by molar-refractivity contribution is 5.86. The minimum atomic E-state index is -1.07. The normalized spacial score (nSPS) is 11.3. The van der Waals surface area contributed by atoms with Crippen LogP contribution < -0.4 is 0 Å². The monoisotopic (exact) mass is 258 g/mol. The van der Waals surface area contributed by atoms with Gasteiger partial charge in [-0.05, 0) is 38.1 Å². The van der Waals surface area contributed by atoms with Gasteiger partial charge >= 0.3 is 5.97 Å². The smallest absolute Gasteiger partial charge is 0.354 e. The zero-order chi connectivity index (χ0) is 13.8. The Morgan fingerprint density at radius 2 is 2.16 bits per heavy atom. The van der Waals surface area contributed by atoms with Crippen molar-refractivity contribution in [3.63, 3.8) is 0 Å². The largest absolute Gasteiger partial charge is 0.477 e. The van der Waals surface area contributed by atoms with Crippen LogP contribution in [0.15, 0.2) is 24.7 Å². The predicted octanol–water partition coefficient (Wildman–Crippen LogP) is 2.12. The van der Waals surface area contributed by atoms with Crippen molar-refractivity contribution in [1.82, 2.24) is 19.7 Å². The summed E-state index contributed by atoms with van der Waals surface area (Å²) < 4.78 is 1.87. The summed E-state index contributed by atoms with van der Waals surface area (Å²) in [6.07, 6.45) is 6.55. The molecule has 0 aliphatic rings. The van der Waals surface area contributed by atoms with E-state index in [1.54, 1.807) is 12.3 Å². The van der Waals surface area contributed by atoms with Gasteiger partial charge in [-0.15, -0.1) is 0 Å². The van der Waals surface area contributed by atoms with E-state index in [-0.39, 0.29) is 11.7 Å². The number of rotatable bonds is 4. The molecule has 0 saturated carbocycles. The Kier molecular flexibility index (Phi) is 3.70. The molecule has 0 fully saturated rings. The van der Waals surface area contributed by atoms with Crippen LogP contribution in [0.5, 0.6) is 0 Å².